The number of amides is 2. The van der Waals surface area contributed by atoms with Crippen LogP contribution in [0.25, 0.3) is 0 Å². The summed E-state index contributed by atoms with van der Waals surface area (Å²) in [5.41, 5.74) is 1.04. The van der Waals surface area contributed by atoms with Crippen LogP contribution in [0.2, 0.25) is 0 Å². The number of esters is 1. The van der Waals surface area contributed by atoms with Gasteiger partial charge in [0.05, 0.1) is 12.6 Å². The third-order valence-corrected chi connectivity index (χ3v) is 7.19. The Morgan fingerprint density at radius 3 is 2.05 bits per heavy atom. The van der Waals surface area contributed by atoms with Gasteiger partial charge in [-0.15, -0.1) is 0 Å². The van der Waals surface area contributed by atoms with E-state index >= 15 is 0 Å². The summed E-state index contributed by atoms with van der Waals surface area (Å²) in [5, 5.41) is 3.14. The van der Waals surface area contributed by atoms with Crippen LogP contribution < -0.4 is 5.32 Å². The molecule has 3 atom stereocenters. The largest absolute Gasteiger partial charge is 0.463 e. The summed E-state index contributed by atoms with van der Waals surface area (Å²) in [6, 6.07) is 9.12. The van der Waals surface area contributed by atoms with Gasteiger partial charge in [-0.2, -0.15) is 0 Å². The van der Waals surface area contributed by atoms with Crippen LogP contribution in [-0.4, -0.2) is 48.4 Å². The molecule has 0 bridgehead atoms. The third kappa shape index (κ3) is 9.14. The average Bonchev–Trinajstić information content (AvgIpc) is 2.83. The number of nitrogens with one attached hydrogen (secondary N) is 1. The second-order valence-corrected chi connectivity index (χ2v) is 12.0. The number of carbonyl (C=O) groups is 3. The molecule has 1 aromatic rings. The fraction of sp³-hybridized carbons (Fsp3) is 0.594. The quantitative estimate of drug-likeness (QED) is 0.204. The molecule has 38 heavy (non-hydrogen) atoms. The van der Waals surface area contributed by atoms with Crippen LogP contribution in [0.3, 0.4) is 0 Å². The number of hydrogen-bond donors (Lipinski definition) is 1. The zero-order valence-corrected chi connectivity index (χ0v) is 25.4. The summed E-state index contributed by atoms with van der Waals surface area (Å²) in [7, 11) is 1.78. The molecule has 0 heterocycles. The van der Waals surface area contributed by atoms with Crippen molar-refractivity contribution in [1.82, 2.24) is 10.2 Å². The minimum atomic E-state index is -0.703. The van der Waals surface area contributed by atoms with Gasteiger partial charge in [0, 0.05) is 24.5 Å². The number of hydrogen-bond acceptors (Lipinski definition) is 4. The Balaban J connectivity index is 3.25. The minimum absolute atomic E-state index is 0.117. The first-order chi connectivity index (χ1) is 17.6. The Labute approximate surface area is 230 Å². The van der Waals surface area contributed by atoms with E-state index in [1.165, 1.54) is 6.08 Å². The smallest absolute Gasteiger partial charge is 0.330 e. The Morgan fingerprint density at radius 1 is 1.00 bits per heavy atom. The van der Waals surface area contributed by atoms with Crippen molar-refractivity contribution in [3.8, 4) is 0 Å². The van der Waals surface area contributed by atoms with E-state index in [1.54, 1.807) is 24.9 Å². The van der Waals surface area contributed by atoms with Crippen LogP contribution in [0.1, 0.15) is 81.2 Å². The van der Waals surface area contributed by atoms with Crippen LogP contribution in [0.5, 0.6) is 0 Å². The third-order valence-electron chi connectivity index (χ3n) is 7.19. The first-order valence-electron chi connectivity index (χ1n) is 13.7. The summed E-state index contributed by atoms with van der Waals surface area (Å²) in [5.74, 6) is -0.843. The van der Waals surface area contributed by atoms with Crippen molar-refractivity contribution in [2.75, 3.05) is 13.7 Å². The number of allylic oxidation sites excluding steroid dienone is 2. The molecule has 0 aromatic heterocycles. The van der Waals surface area contributed by atoms with Gasteiger partial charge in [0.15, 0.2) is 0 Å². The highest BCUT2D eigenvalue weighted by molar-refractivity contribution is 5.90. The van der Waals surface area contributed by atoms with Crippen LogP contribution >= 0.6 is 0 Å². The lowest BCUT2D eigenvalue weighted by molar-refractivity contribution is -0.141. The van der Waals surface area contributed by atoms with Gasteiger partial charge in [-0.1, -0.05) is 103 Å². The maximum absolute atomic E-state index is 13.9. The molecule has 0 radical (unpaired) electrons. The molecule has 6 heteroatoms. The van der Waals surface area contributed by atoms with Crippen molar-refractivity contribution < 1.29 is 19.1 Å². The van der Waals surface area contributed by atoms with E-state index in [1.807, 2.05) is 72.7 Å². The van der Waals surface area contributed by atoms with Gasteiger partial charge >= 0.3 is 5.97 Å². The number of rotatable bonds is 12. The first-order valence-corrected chi connectivity index (χ1v) is 13.7. The highest BCUT2D eigenvalue weighted by Gasteiger charge is 2.41. The minimum Gasteiger partial charge on any atom is -0.463 e. The number of ether oxygens (including phenoxy) is 1. The number of benzene rings is 1. The Bertz CT molecular complexity index is 986. The lowest BCUT2D eigenvalue weighted by Crippen LogP contribution is -2.58. The number of carbonyl (C=O) groups excluding carboxylic acids is 3. The number of nitrogens with zero attached hydrogens (tertiary/aromatic N) is 1. The summed E-state index contributed by atoms with van der Waals surface area (Å²) in [4.78, 5) is 41.1. The van der Waals surface area contributed by atoms with Gasteiger partial charge < -0.3 is 15.0 Å². The van der Waals surface area contributed by atoms with E-state index < -0.39 is 22.8 Å². The highest BCUT2D eigenvalue weighted by Crippen LogP contribution is 2.35. The Kier molecular flexibility index (Phi) is 12.5. The van der Waals surface area contributed by atoms with E-state index in [4.69, 9.17) is 4.74 Å². The molecular formula is C32H50N2O4. The zero-order chi connectivity index (χ0) is 29.3. The molecule has 1 N–H and O–H groups in total. The lowest BCUT2D eigenvalue weighted by Gasteiger charge is -2.40. The molecule has 6 nitrogen and oxygen atoms in total. The predicted octanol–water partition coefficient (Wildman–Crippen LogP) is 6.07. The van der Waals surface area contributed by atoms with Crippen LogP contribution in [0.15, 0.2) is 54.1 Å². The maximum Gasteiger partial charge on any atom is 0.330 e. The molecule has 0 aliphatic rings. The lowest BCUT2D eigenvalue weighted by atomic mass is 9.71. The standard InChI is InChI=1S/C32H50N2O4/c1-12-25(32(9,10)24-17-15-14-16-18-24)29(36)33-28(31(6,7)8)30(37)34(11)26(22(3)4)21-23(5)19-20-27(35)38-13-2/h14-22,25-26,28H,12-13H2,1-11H3,(H,33,36)/b20-19+,23-21+/t25-,26-,28?/m1/s1. The van der Waals surface area contributed by atoms with Gasteiger partial charge in [-0.25, -0.2) is 4.79 Å². The van der Waals surface area contributed by atoms with E-state index in [2.05, 4.69) is 31.3 Å². The fourth-order valence-electron chi connectivity index (χ4n) is 4.80. The van der Waals surface area contributed by atoms with Crippen molar-refractivity contribution in [3.63, 3.8) is 0 Å². The van der Waals surface area contributed by atoms with Gasteiger partial charge in [0.1, 0.15) is 6.04 Å². The molecule has 1 unspecified atom stereocenters. The van der Waals surface area contributed by atoms with Crippen molar-refractivity contribution in [2.45, 2.75) is 93.2 Å². The van der Waals surface area contributed by atoms with Gasteiger partial charge in [0.25, 0.3) is 0 Å². The monoisotopic (exact) mass is 526 g/mol. The number of likely N-dealkylation sites (N-methyl/N-ethyl adjacent to an activating group) is 1. The second kappa shape index (κ2) is 14.3. The van der Waals surface area contributed by atoms with Gasteiger partial charge in [0.2, 0.25) is 11.8 Å². The summed E-state index contributed by atoms with van der Waals surface area (Å²) in [6.45, 7) is 20.2. The Hall–Kier alpha value is -2.89. The van der Waals surface area contributed by atoms with E-state index in [0.29, 0.717) is 13.0 Å². The zero-order valence-electron chi connectivity index (χ0n) is 25.4. The highest BCUT2D eigenvalue weighted by atomic mass is 16.5. The van der Waals surface area contributed by atoms with Crippen molar-refractivity contribution in [1.29, 1.82) is 0 Å². The maximum atomic E-state index is 13.9. The van der Waals surface area contributed by atoms with Crippen LogP contribution in [0.4, 0.5) is 0 Å². The molecule has 0 aliphatic carbocycles. The second-order valence-electron chi connectivity index (χ2n) is 12.0. The van der Waals surface area contributed by atoms with Crippen LogP contribution in [-0.2, 0) is 24.5 Å². The molecule has 0 aliphatic heterocycles. The molecular weight excluding hydrogens is 476 g/mol. The molecule has 0 saturated heterocycles. The fourth-order valence-corrected chi connectivity index (χ4v) is 4.80. The Morgan fingerprint density at radius 2 is 1.58 bits per heavy atom. The van der Waals surface area contributed by atoms with Gasteiger partial charge in [-0.05, 0) is 37.2 Å². The SMILES string of the molecule is CCOC(=O)/C=C/C(C)=C/[C@H](C(C)C)N(C)C(=O)C(NC(=O)[C@@H](CC)C(C)(C)c1ccccc1)C(C)(C)C. The van der Waals surface area contributed by atoms with E-state index in [0.717, 1.165) is 11.1 Å². The van der Waals surface area contributed by atoms with Crippen molar-refractivity contribution in [3.05, 3.63) is 59.7 Å². The van der Waals surface area contributed by atoms with E-state index in [9.17, 15) is 14.4 Å². The van der Waals surface area contributed by atoms with Crippen LogP contribution in [0, 0.1) is 17.3 Å². The van der Waals surface area contributed by atoms with Crippen molar-refractivity contribution >= 4 is 17.8 Å². The molecule has 1 rings (SSSR count). The normalized spacial score (nSPS) is 15.2. The molecule has 0 saturated carbocycles. The van der Waals surface area contributed by atoms with Crippen molar-refractivity contribution in [2.24, 2.45) is 17.3 Å². The summed E-state index contributed by atoms with van der Waals surface area (Å²) < 4.78 is 4.96. The molecule has 212 valence electrons. The summed E-state index contributed by atoms with van der Waals surface area (Å²) >= 11 is 0. The summed E-state index contributed by atoms with van der Waals surface area (Å²) in [6.07, 6.45) is 5.73. The molecule has 0 fully saturated rings. The van der Waals surface area contributed by atoms with E-state index in [-0.39, 0.29) is 29.7 Å². The molecule has 2 amide bonds. The molecule has 0 spiro atoms. The topological polar surface area (TPSA) is 75.7 Å². The predicted molar refractivity (Wildman–Crippen MR) is 156 cm³/mol. The molecule has 1 aromatic carbocycles. The average molecular weight is 527 g/mol. The van der Waals surface area contributed by atoms with Gasteiger partial charge in [-0.3, -0.25) is 9.59 Å². The first kappa shape index (κ1) is 33.1.